The molecule has 0 aliphatic heterocycles. The van der Waals surface area contributed by atoms with E-state index in [0.717, 1.165) is 0 Å². The summed E-state index contributed by atoms with van der Waals surface area (Å²) in [6.07, 6.45) is 0.700. The lowest BCUT2D eigenvalue weighted by molar-refractivity contribution is -0.118. The molecule has 0 atom stereocenters. The van der Waals surface area contributed by atoms with Crippen LogP contribution in [-0.2, 0) is 4.79 Å². The van der Waals surface area contributed by atoms with Gasteiger partial charge in [-0.15, -0.1) is 0 Å². The first-order chi connectivity index (χ1) is 5.16. The molecule has 0 aromatic heterocycles. The highest BCUT2D eigenvalue weighted by atomic mass is 16.2. The first-order valence-corrected chi connectivity index (χ1v) is 3.12. The van der Waals surface area contributed by atoms with Crippen molar-refractivity contribution in [2.75, 3.05) is 0 Å². The Labute approximate surface area is 64.9 Å². The van der Waals surface area contributed by atoms with E-state index in [1.807, 2.05) is 6.07 Å². The Kier molecular flexibility index (Phi) is 4.49. The molecule has 0 saturated carbocycles. The Bertz CT molecular complexity index is 203. The summed E-state index contributed by atoms with van der Waals surface area (Å²) in [5.41, 5.74) is 7.46. The number of carbonyl (C=O) groups excluding carboxylic acids is 1. The summed E-state index contributed by atoms with van der Waals surface area (Å²) in [6.45, 7) is 1.33. The third kappa shape index (κ3) is 6.31. The monoisotopic (exact) mass is 154 g/mol. The fourth-order valence-corrected chi connectivity index (χ4v) is 0.390. The van der Waals surface area contributed by atoms with Gasteiger partial charge in [0.15, 0.2) is 0 Å². The van der Waals surface area contributed by atoms with Crippen molar-refractivity contribution in [3.63, 3.8) is 0 Å². The van der Waals surface area contributed by atoms with Gasteiger partial charge in [-0.05, 0) is 0 Å². The number of hydrogen-bond acceptors (Lipinski definition) is 3. The molecule has 5 heteroatoms. The number of rotatable bonds is 3. The minimum Gasteiger partial charge on any atom is -0.386 e. The minimum absolute atomic E-state index is 0.266. The van der Waals surface area contributed by atoms with E-state index in [-0.39, 0.29) is 11.7 Å². The molecule has 0 heterocycles. The van der Waals surface area contributed by atoms with Gasteiger partial charge in [-0.2, -0.15) is 10.4 Å². The zero-order chi connectivity index (χ0) is 8.69. The molecular weight excluding hydrogens is 144 g/mol. The average Bonchev–Trinajstić information content (AvgIpc) is 1.97. The van der Waals surface area contributed by atoms with E-state index in [1.54, 1.807) is 0 Å². The highest BCUT2D eigenvalue weighted by Crippen LogP contribution is 1.84. The molecule has 60 valence electrons. The van der Waals surface area contributed by atoms with Crippen molar-refractivity contribution in [1.29, 1.82) is 5.26 Å². The highest BCUT2D eigenvalue weighted by Gasteiger charge is 1.91. The number of amides is 1. The molecule has 11 heavy (non-hydrogen) atoms. The summed E-state index contributed by atoms with van der Waals surface area (Å²) in [5, 5.41) is 11.6. The molecular formula is C6H10N4O. The lowest BCUT2D eigenvalue weighted by atomic mass is 10.3. The fourth-order valence-electron chi connectivity index (χ4n) is 0.390. The summed E-state index contributed by atoms with van der Waals surface area (Å²) in [4.78, 5) is 10.3. The van der Waals surface area contributed by atoms with E-state index in [0.29, 0.717) is 12.8 Å². The highest BCUT2D eigenvalue weighted by molar-refractivity contribution is 5.82. The van der Waals surface area contributed by atoms with Crippen LogP contribution >= 0.6 is 0 Å². The zero-order valence-electron chi connectivity index (χ0n) is 6.29. The molecule has 0 rings (SSSR count). The Morgan fingerprint density at radius 2 is 2.45 bits per heavy atom. The number of hydrazone groups is 1. The van der Waals surface area contributed by atoms with Crippen LogP contribution in [0.1, 0.15) is 19.8 Å². The van der Waals surface area contributed by atoms with E-state index in [9.17, 15) is 4.79 Å². The number of carbonyl (C=O) groups is 1. The second kappa shape index (κ2) is 5.23. The van der Waals surface area contributed by atoms with Gasteiger partial charge >= 0.3 is 0 Å². The third-order valence-electron chi connectivity index (χ3n) is 0.850. The zero-order valence-corrected chi connectivity index (χ0v) is 6.29. The van der Waals surface area contributed by atoms with Crippen LogP contribution in [0.25, 0.3) is 0 Å². The van der Waals surface area contributed by atoms with Gasteiger partial charge in [-0.25, -0.2) is 5.43 Å². The van der Waals surface area contributed by atoms with Crippen LogP contribution in [0, 0.1) is 11.3 Å². The Balaban J connectivity index is 3.64. The van der Waals surface area contributed by atoms with E-state index >= 15 is 0 Å². The molecule has 0 fully saturated rings. The first-order valence-electron chi connectivity index (χ1n) is 3.12. The molecule has 0 spiro atoms. The Morgan fingerprint density at radius 3 is 2.91 bits per heavy atom. The number of nitrogens with two attached hydrogens (primary N) is 1. The number of nitriles is 1. The fraction of sp³-hybridized carbons (Fsp3) is 0.500. The van der Waals surface area contributed by atoms with Crippen LogP contribution in [0.5, 0.6) is 0 Å². The molecule has 1 amide bonds. The van der Waals surface area contributed by atoms with Crippen molar-refractivity contribution in [3.05, 3.63) is 0 Å². The van der Waals surface area contributed by atoms with E-state index in [2.05, 4.69) is 10.5 Å². The van der Waals surface area contributed by atoms with Gasteiger partial charge in [0.2, 0.25) is 5.91 Å². The van der Waals surface area contributed by atoms with Gasteiger partial charge < -0.3 is 5.73 Å². The van der Waals surface area contributed by atoms with Gasteiger partial charge in [0.1, 0.15) is 5.84 Å². The molecule has 0 saturated heterocycles. The third-order valence-corrected chi connectivity index (χ3v) is 0.850. The molecule has 5 nitrogen and oxygen atoms in total. The van der Waals surface area contributed by atoms with E-state index in [4.69, 9.17) is 11.0 Å². The Morgan fingerprint density at radius 1 is 1.82 bits per heavy atom. The molecule has 0 bridgehead atoms. The average molecular weight is 154 g/mol. The van der Waals surface area contributed by atoms with Crippen molar-refractivity contribution in [1.82, 2.24) is 5.43 Å². The molecule has 3 N–H and O–H groups in total. The van der Waals surface area contributed by atoms with Crippen molar-refractivity contribution < 1.29 is 4.79 Å². The Hall–Kier alpha value is -1.57. The predicted molar refractivity (Wildman–Crippen MR) is 40.3 cm³/mol. The van der Waals surface area contributed by atoms with Gasteiger partial charge in [-0.1, -0.05) is 0 Å². The lowest BCUT2D eigenvalue weighted by Gasteiger charge is -1.95. The normalized spacial score (nSPS) is 10.4. The molecule has 0 aromatic carbocycles. The topological polar surface area (TPSA) is 91.3 Å². The summed E-state index contributed by atoms with van der Waals surface area (Å²) in [5.74, 6) is -0.00772. The quantitative estimate of drug-likeness (QED) is 0.332. The van der Waals surface area contributed by atoms with Crippen LogP contribution in [0.15, 0.2) is 5.10 Å². The van der Waals surface area contributed by atoms with Crippen molar-refractivity contribution in [2.45, 2.75) is 19.8 Å². The van der Waals surface area contributed by atoms with E-state index < -0.39 is 0 Å². The van der Waals surface area contributed by atoms with Gasteiger partial charge in [-0.3, -0.25) is 4.79 Å². The van der Waals surface area contributed by atoms with Crippen molar-refractivity contribution in [3.8, 4) is 6.07 Å². The molecule has 0 aliphatic rings. The van der Waals surface area contributed by atoms with Gasteiger partial charge in [0, 0.05) is 19.8 Å². The number of nitrogens with zero attached hydrogens (tertiary/aromatic N) is 2. The van der Waals surface area contributed by atoms with Crippen LogP contribution in [-0.4, -0.2) is 11.7 Å². The maximum atomic E-state index is 10.3. The standard InChI is InChI=1S/C6H10N4O/c1-5(11)9-10-6(8)3-2-4-7/h2-3H2,1H3,(H2,8,10)(H,9,11). The SMILES string of the molecule is CC(=O)N/N=C(/N)CCC#N. The van der Waals surface area contributed by atoms with Crippen molar-refractivity contribution in [2.24, 2.45) is 10.8 Å². The smallest absolute Gasteiger partial charge is 0.236 e. The molecule has 0 unspecified atom stereocenters. The summed E-state index contributed by atoms with van der Waals surface area (Å²) < 4.78 is 0. The minimum atomic E-state index is -0.273. The van der Waals surface area contributed by atoms with E-state index in [1.165, 1.54) is 6.92 Å². The number of amidine groups is 1. The molecule has 0 radical (unpaired) electrons. The maximum Gasteiger partial charge on any atom is 0.236 e. The maximum absolute atomic E-state index is 10.3. The summed E-state index contributed by atoms with van der Waals surface area (Å²) in [7, 11) is 0. The predicted octanol–water partition coefficient (Wildman–Crippen LogP) is -0.302. The molecule has 0 aliphatic carbocycles. The summed E-state index contributed by atoms with van der Waals surface area (Å²) in [6, 6.07) is 1.91. The van der Waals surface area contributed by atoms with Crippen LogP contribution in [0.3, 0.4) is 0 Å². The van der Waals surface area contributed by atoms with Crippen molar-refractivity contribution >= 4 is 11.7 Å². The summed E-state index contributed by atoms with van der Waals surface area (Å²) >= 11 is 0. The van der Waals surface area contributed by atoms with Crippen LogP contribution in [0.4, 0.5) is 0 Å². The first kappa shape index (κ1) is 9.43. The van der Waals surface area contributed by atoms with Crippen LogP contribution in [0.2, 0.25) is 0 Å². The lowest BCUT2D eigenvalue weighted by Crippen LogP contribution is -2.20. The second-order valence-electron chi connectivity index (χ2n) is 1.93. The number of nitrogens with one attached hydrogen (secondary N) is 1. The van der Waals surface area contributed by atoms with Gasteiger partial charge in [0.05, 0.1) is 6.07 Å². The van der Waals surface area contributed by atoms with Crippen LogP contribution < -0.4 is 11.2 Å². The molecule has 0 aromatic rings. The second-order valence-corrected chi connectivity index (χ2v) is 1.93. The van der Waals surface area contributed by atoms with Gasteiger partial charge in [0.25, 0.3) is 0 Å². The largest absolute Gasteiger partial charge is 0.386 e. The number of hydrogen-bond donors (Lipinski definition) is 2.